The molecule has 2 aromatic rings. The van der Waals surface area contributed by atoms with Gasteiger partial charge < -0.3 is 4.18 Å². The lowest BCUT2D eigenvalue weighted by molar-refractivity contribution is 0.613. The Labute approximate surface area is 106 Å². The van der Waals surface area contributed by atoms with E-state index < -0.39 is 0 Å². The van der Waals surface area contributed by atoms with Gasteiger partial charge in [-0.05, 0) is 23.8 Å². The second kappa shape index (κ2) is 5.37. The van der Waals surface area contributed by atoms with E-state index in [4.69, 9.17) is 4.18 Å². The zero-order valence-electron chi connectivity index (χ0n) is 8.19. The predicted molar refractivity (Wildman–Crippen MR) is 68.9 cm³/mol. The average molecular weight is 299 g/mol. The number of hydrogen-bond acceptors (Lipinski definition) is 2. The van der Waals surface area contributed by atoms with Gasteiger partial charge >= 0.3 is 0 Å². The lowest BCUT2D eigenvalue weighted by atomic mass is 10.1. The van der Waals surface area contributed by atoms with E-state index in [0.717, 1.165) is 15.6 Å². The first kappa shape index (κ1) is 11.5. The van der Waals surface area contributed by atoms with Crippen molar-refractivity contribution in [1.29, 1.82) is 0 Å². The van der Waals surface area contributed by atoms with Crippen LogP contribution in [0, 0.1) is 0 Å². The molecule has 0 saturated carbocycles. The summed E-state index contributed by atoms with van der Waals surface area (Å²) in [6.07, 6.45) is 0. The molecule has 0 radical (unpaired) electrons. The molecule has 0 N–H and O–H groups in total. The minimum Gasteiger partial charge on any atom is -0.396 e. The highest BCUT2D eigenvalue weighted by atomic mass is 79.9. The van der Waals surface area contributed by atoms with Crippen LogP contribution in [0.15, 0.2) is 53.0 Å². The lowest BCUT2D eigenvalue weighted by Crippen LogP contribution is -1.84. The van der Waals surface area contributed by atoms with E-state index in [1.807, 2.05) is 42.5 Å². The fourth-order valence-electron chi connectivity index (χ4n) is 1.44. The molecule has 2 aromatic carbocycles. The van der Waals surface area contributed by atoms with Crippen LogP contribution >= 0.6 is 28.4 Å². The molecule has 0 aliphatic rings. The van der Waals surface area contributed by atoms with Crippen LogP contribution in [0.2, 0.25) is 0 Å². The topological polar surface area (TPSA) is 9.23 Å². The predicted octanol–water partition coefficient (Wildman–Crippen LogP) is 5.03. The largest absolute Gasteiger partial charge is 0.396 e. The fourth-order valence-corrected chi connectivity index (χ4v) is 1.92. The SMILES string of the molecule is FSOc1ccccc1-c1ccc(Br)cc1. The van der Waals surface area contributed by atoms with E-state index in [1.54, 1.807) is 6.07 Å². The van der Waals surface area contributed by atoms with Gasteiger partial charge in [0.2, 0.25) is 0 Å². The molecule has 0 amide bonds. The second-order valence-electron chi connectivity index (χ2n) is 3.15. The number of benzene rings is 2. The van der Waals surface area contributed by atoms with Crippen molar-refractivity contribution < 1.29 is 8.07 Å². The minimum absolute atomic E-state index is 0.143. The molecule has 0 bridgehead atoms. The third-order valence-corrected chi connectivity index (χ3v) is 2.93. The van der Waals surface area contributed by atoms with Gasteiger partial charge in [0, 0.05) is 10.0 Å². The summed E-state index contributed by atoms with van der Waals surface area (Å²) >= 11 is 3.23. The number of halogens is 2. The molecule has 0 aliphatic carbocycles. The van der Waals surface area contributed by atoms with Gasteiger partial charge in [-0.25, -0.2) is 0 Å². The molecule has 82 valence electrons. The molecule has 1 nitrogen and oxygen atoms in total. The van der Waals surface area contributed by atoms with Crippen LogP contribution in [0.25, 0.3) is 11.1 Å². The van der Waals surface area contributed by atoms with Crippen LogP contribution in [-0.4, -0.2) is 0 Å². The molecular formula is C12H8BrFOS. The van der Waals surface area contributed by atoms with Crippen LogP contribution < -0.4 is 4.18 Å². The first-order valence-electron chi connectivity index (χ1n) is 4.61. The molecule has 2 rings (SSSR count). The van der Waals surface area contributed by atoms with E-state index >= 15 is 0 Å². The molecule has 0 aromatic heterocycles. The van der Waals surface area contributed by atoms with Crippen molar-refractivity contribution in [3.8, 4) is 16.9 Å². The van der Waals surface area contributed by atoms with Crippen LogP contribution in [-0.2, 0) is 0 Å². The summed E-state index contributed by atoms with van der Waals surface area (Å²) < 4.78 is 18.0. The van der Waals surface area contributed by atoms with Gasteiger partial charge in [-0.15, -0.1) is 3.89 Å². The molecule has 0 spiro atoms. The quantitative estimate of drug-likeness (QED) is 0.735. The third kappa shape index (κ3) is 2.57. The normalized spacial score (nSPS) is 10.1. The van der Waals surface area contributed by atoms with E-state index in [9.17, 15) is 3.89 Å². The molecule has 16 heavy (non-hydrogen) atoms. The van der Waals surface area contributed by atoms with Crippen LogP contribution in [0.3, 0.4) is 0 Å². The lowest BCUT2D eigenvalue weighted by Gasteiger charge is -2.07. The highest BCUT2D eigenvalue weighted by Crippen LogP contribution is 2.32. The minimum atomic E-state index is -0.143. The van der Waals surface area contributed by atoms with Gasteiger partial charge in [0.1, 0.15) is 5.75 Å². The van der Waals surface area contributed by atoms with Gasteiger partial charge in [-0.3, -0.25) is 0 Å². The van der Waals surface area contributed by atoms with Crippen molar-refractivity contribution in [3.05, 3.63) is 53.0 Å². The van der Waals surface area contributed by atoms with E-state index in [0.29, 0.717) is 5.75 Å². The van der Waals surface area contributed by atoms with E-state index in [2.05, 4.69) is 15.9 Å². The Morgan fingerprint density at radius 3 is 2.38 bits per heavy atom. The molecule has 0 heterocycles. The maximum Gasteiger partial charge on any atom is 0.272 e. The van der Waals surface area contributed by atoms with Crippen molar-refractivity contribution in [2.24, 2.45) is 0 Å². The Morgan fingerprint density at radius 1 is 1.00 bits per heavy atom. The van der Waals surface area contributed by atoms with E-state index in [-0.39, 0.29) is 12.4 Å². The first-order valence-corrected chi connectivity index (χ1v) is 6.05. The van der Waals surface area contributed by atoms with Gasteiger partial charge in [0.15, 0.2) is 0 Å². The summed E-state index contributed by atoms with van der Waals surface area (Å²) in [4.78, 5) is 0. The zero-order chi connectivity index (χ0) is 11.4. The smallest absolute Gasteiger partial charge is 0.272 e. The molecule has 0 aliphatic heterocycles. The van der Waals surface area contributed by atoms with Crippen LogP contribution in [0.5, 0.6) is 5.75 Å². The van der Waals surface area contributed by atoms with Crippen molar-refractivity contribution in [2.75, 3.05) is 0 Å². The Hall–Kier alpha value is -1.00. The van der Waals surface area contributed by atoms with Gasteiger partial charge in [-0.1, -0.05) is 46.3 Å². The monoisotopic (exact) mass is 298 g/mol. The highest BCUT2D eigenvalue weighted by molar-refractivity contribution is 9.10. The average Bonchev–Trinajstić information content (AvgIpc) is 2.32. The summed E-state index contributed by atoms with van der Waals surface area (Å²) in [6.45, 7) is 0. The summed E-state index contributed by atoms with van der Waals surface area (Å²) in [6, 6.07) is 15.1. The van der Waals surface area contributed by atoms with Crippen LogP contribution in [0.4, 0.5) is 3.89 Å². The Balaban J connectivity index is 2.42. The van der Waals surface area contributed by atoms with E-state index in [1.165, 1.54) is 0 Å². The summed E-state index contributed by atoms with van der Waals surface area (Å²) in [7, 11) is 0. The van der Waals surface area contributed by atoms with Crippen molar-refractivity contribution in [3.63, 3.8) is 0 Å². The second-order valence-corrected chi connectivity index (χ2v) is 4.36. The number of hydrogen-bond donors (Lipinski definition) is 0. The molecule has 0 fully saturated rings. The molecule has 0 saturated heterocycles. The maximum absolute atomic E-state index is 12.1. The summed E-state index contributed by atoms with van der Waals surface area (Å²) in [5.74, 6) is 0.525. The van der Waals surface area contributed by atoms with Gasteiger partial charge in [-0.2, -0.15) is 0 Å². The van der Waals surface area contributed by atoms with Crippen LogP contribution in [0.1, 0.15) is 0 Å². The number of para-hydroxylation sites is 1. The molecule has 0 unspecified atom stereocenters. The van der Waals surface area contributed by atoms with Crippen molar-refractivity contribution >= 4 is 28.4 Å². The number of rotatable bonds is 3. The molecule has 0 atom stereocenters. The highest BCUT2D eigenvalue weighted by Gasteiger charge is 2.05. The Bertz CT molecular complexity index is 473. The van der Waals surface area contributed by atoms with Gasteiger partial charge in [0.25, 0.3) is 12.4 Å². The van der Waals surface area contributed by atoms with Crippen molar-refractivity contribution in [2.45, 2.75) is 0 Å². The standard InChI is InChI=1S/C12H8BrFOS/c13-10-7-5-9(6-8-10)11-3-1-2-4-12(11)15-16-14/h1-8H. The first-order chi connectivity index (χ1) is 7.81. The third-order valence-electron chi connectivity index (χ3n) is 2.16. The Morgan fingerprint density at radius 2 is 1.69 bits per heavy atom. The summed E-state index contributed by atoms with van der Waals surface area (Å²) in [5, 5.41) is 0. The molecule has 4 heteroatoms. The fraction of sp³-hybridized carbons (Fsp3) is 0. The zero-order valence-corrected chi connectivity index (χ0v) is 10.6. The van der Waals surface area contributed by atoms with Crippen molar-refractivity contribution in [1.82, 2.24) is 0 Å². The Kier molecular flexibility index (Phi) is 3.85. The van der Waals surface area contributed by atoms with Gasteiger partial charge in [0.05, 0.1) is 0 Å². The maximum atomic E-state index is 12.1. The summed E-state index contributed by atoms with van der Waals surface area (Å²) in [5.41, 5.74) is 1.87. The molecular weight excluding hydrogens is 291 g/mol.